The van der Waals surface area contributed by atoms with Crippen molar-refractivity contribution in [2.24, 2.45) is 5.92 Å². The first-order chi connectivity index (χ1) is 8.59. The normalized spacial score (nSPS) is 32.7. The van der Waals surface area contributed by atoms with Gasteiger partial charge in [-0.2, -0.15) is 0 Å². The van der Waals surface area contributed by atoms with Crippen LogP contribution in [0.2, 0.25) is 0 Å². The molecule has 3 nitrogen and oxygen atoms in total. The van der Waals surface area contributed by atoms with Crippen LogP contribution in [0.1, 0.15) is 57.8 Å². The molecule has 2 N–H and O–H groups in total. The Morgan fingerprint density at radius 2 is 1.72 bits per heavy atom. The summed E-state index contributed by atoms with van der Waals surface area (Å²) in [6.45, 7) is 1.71. The van der Waals surface area contributed by atoms with E-state index in [9.17, 15) is 10.2 Å². The largest absolute Gasteiger partial charge is 0.393 e. The summed E-state index contributed by atoms with van der Waals surface area (Å²) in [6, 6.07) is 0. The summed E-state index contributed by atoms with van der Waals surface area (Å²) < 4.78 is 0. The molecule has 3 heteroatoms. The third-order valence-electron chi connectivity index (χ3n) is 4.76. The van der Waals surface area contributed by atoms with Gasteiger partial charge >= 0.3 is 0 Å². The van der Waals surface area contributed by atoms with E-state index in [2.05, 4.69) is 11.9 Å². The summed E-state index contributed by atoms with van der Waals surface area (Å²) >= 11 is 0. The van der Waals surface area contributed by atoms with Crippen LogP contribution in [0.25, 0.3) is 0 Å². The van der Waals surface area contributed by atoms with Gasteiger partial charge in [0, 0.05) is 13.1 Å². The molecule has 0 heterocycles. The van der Waals surface area contributed by atoms with Gasteiger partial charge in [-0.15, -0.1) is 0 Å². The van der Waals surface area contributed by atoms with Crippen LogP contribution >= 0.6 is 0 Å². The molecule has 0 aliphatic heterocycles. The number of aliphatic hydroxyl groups is 2. The summed E-state index contributed by atoms with van der Waals surface area (Å²) in [5, 5.41) is 20.5. The Balaban J connectivity index is 1.80. The zero-order chi connectivity index (χ0) is 13.0. The van der Waals surface area contributed by atoms with Crippen LogP contribution in [0.5, 0.6) is 0 Å². The maximum atomic E-state index is 10.4. The van der Waals surface area contributed by atoms with Crippen LogP contribution in [0.3, 0.4) is 0 Å². The van der Waals surface area contributed by atoms with Gasteiger partial charge < -0.3 is 15.1 Å². The minimum Gasteiger partial charge on any atom is -0.393 e. The average molecular weight is 255 g/mol. The molecule has 0 saturated heterocycles. The first kappa shape index (κ1) is 14.3. The van der Waals surface area contributed by atoms with Crippen molar-refractivity contribution >= 4 is 0 Å². The second kappa shape index (κ2) is 6.36. The summed E-state index contributed by atoms with van der Waals surface area (Å²) in [4.78, 5) is 2.24. The SMILES string of the molecule is CN(CC1CCCCCC1O)CC1(O)CCCC1. The van der Waals surface area contributed by atoms with E-state index in [0.29, 0.717) is 5.92 Å². The minimum atomic E-state index is -0.454. The van der Waals surface area contributed by atoms with Gasteiger partial charge in [-0.05, 0) is 38.6 Å². The molecule has 0 aromatic carbocycles. The number of aliphatic hydroxyl groups excluding tert-OH is 1. The van der Waals surface area contributed by atoms with Gasteiger partial charge in [0.25, 0.3) is 0 Å². The van der Waals surface area contributed by atoms with E-state index in [-0.39, 0.29) is 6.10 Å². The van der Waals surface area contributed by atoms with Gasteiger partial charge in [-0.1, -0.05) is 32.1 Å². The fourth-order valence-corrected chi connectivity index (χ4v) is 3.74. The van der Waals surface area contributed by atoms with Crippen molar-refractivity contribution in [1.82, 2.24) is 4.90 Å². The van der Waals surface area contributed by atoms with Gasteiger partial charge in [-0.25, -0.2) is 0 Å². The molecular weight excluding hydrogens is 226 g/mol. The summed E-state index contributed by atoms with van der Waals surface area (Å²) in [7, 11) is 2.09. The summed E-state index contributed by atoms with van der Waals surface area (Å²) in [6.07, 6.45) is 9.88. The van der Waals surface area contributed by atoms with Crippen LogP contribution in [0.15, 0.2) is 0 Å². The van der Waals surface area contributed by atoms with Crippen LogP contribution in [0.4, 0.5) is 0 Å². The predicted octanol–water partition coefficient (Wildman–Crippen LogP) is 2.16. The number of nitrogens with zero attached hydrogens (tertiary/aromatic N) is 1. The first-order valence-corrected chi connectivity index (χ1v) is 7.68. The van der Waals surface area contributed by atoms with Crippen molar-refractivity contribution < 1.29 is 10.2 Å². The van der Waals surface area contributed by atoms with Crippen molar-refractivity contribution in [1.29, 1.82) is 0 Å². The molecular formula is C15H29NO2. The Kier molecular flexibility index (Phi) is 5.05. The maximum Gasteiger partial charge on any atom is 0.0774 e. The molecule has 2 unspecified atom stereocenters. The molecule has 2 fully saturated rings. The fraction of sp³-hybridized carbons (Fsp3) is 1.00. The molecule has 2 saturated carbocycles. The summed E-state index contributed by atoms with van der Waals surface area (Å²) in [5.74, 6) is 0.405. The molecule has 0 radical (unpaired) electrons. The molecule has 0 aromatic heterocycles. The Hall–Kier alpha value is -0.120. The van der Waals surface area contributed by atoms with Gasteiger partial charge in [0.15, 0.2) is 0 Å². The third-order valence-corrected chi connectivity index (χ3v) is 4.76. The van der Waals surface area contributed by atoms with E-state index < -0.39 is 5.60 Å². The van der Waals surface area contributed by atoms with E-state index >= 15 is 0 Å². The molecule has 2 atom stereocenters. The lowest BCUT2D eigenvalue weighted by atomic mass is 9.95. The highest BCUT2D eigenvalue weighted by atomic mass is 16.3. The lowest BCUT2D eigenvalue weighted by Crippen LogP contribution is -2.42. The van der Waals surface area contributed by atoms with E-state index in [1.54, 1.807) is 0 Å². The van der Waals surface area contributed by atoms with Crippen molar-refractivity contribution in [2.45, 2.75) is 69.5 Å². The van der Waals surface area contributed by atoms with Gasteiger partial charge in [0.1, 0.15) is 0 Å². The van der Waals surface area contributed by atoms with Crippen molar-refractivity contribution in [3.63, 3.8) is 0 Å². The minimum absolute atomic E-state index is 0.131. The Morgan fingerprint density at radius 3 is 2.44 bits per heavy atom. The second-order valence-electron chi connectivity index (χ2n) is 6.59. The highest BCUT2D eigenvalue weighted by Gasteiger charge is 2.33. The number of likely N-dealkylation sites (N-methyl/N-ethyl adjacent to an activating group) is 1. The number of hydrogen-bond donors (Lipinski definition) is 2. The van der Waals surface area contributed by atoms with Crippen molar-refractivity contribution in [2.75, 3.05) is 20.1 Å². The molecule has 18 heavy (non-hydrogen) atoms. The average Bonchev–Trinajstić information content (AvgIpc) is 2.63. The summed E-state index contributed by atoms with van der Waals surface area (Å²) in [5.41, 5.74) is -0.454. The Bertz CT molecular complexity index is 251. The molecule has 106 valence electrons. The highest BCUT2D eigenvalue weighted by Crippen LogP contribution is 2.31. The highest BCUT2D eigenvalue weighted by molar-refractivity contribution is 4.87. The zero-order valence-electron chi connectivity index (χ0n) is 11.8. The molecule has 0 amide bonds. The van der Waals surface area contributed by atoms with E-state index in [1.807, 2.05) is 0 Å². The van der Waals surface area contributed by atoms with Crippen molar-refractivity contribution in [3.8, 4) is 0 Å². The molecule has 0 bridgehead atoms. The zero-order valence-corrected chi connectivity index (χ0v) is 11.8. The molecule has 2 aliphatic rings. The quantitative estimate of drug-likeness (QED) is 0.757. The van der Waals surface area contributed by atoms with Gasteiger partial charge in [0.05, 0.1) is 11.7 Å². The van der Waals surface area contributed by atoms with Crippen LogP contribution in [0, 0.1) is 5.92 Å². The molecule has 0 aromatic rings. The lowest BCUT2D eigenvalue weighted by Gasteiger charge is -2.32. The monoisotopic (exact) mass is 255 g/mol. The van der Waals surface area contributed by atoms with Crippen LogP contribution < -0.4 is 0 Å². The maximum absolute atomic E-state index is 10.4. The lowest BCUT2D eigenvalue weighted by molar-refractivity contribution is 0.00291. The Morgan fingerprint density at radius 1 is 1.06 bits per heavy atom. The second-order valence-corrected chi connectivity index (χ2v) is 6.59. The van der Waals surface area contributed by atoms with Gasteiger partial charge in [-0.3, -0.25) is 0 Å². The van der Waals surface area contributed by atoms with Crippen LogP contribution in [-0.2, 0) is 0 Å². The van der Waals surface area contributed by atoms with Crippen molar-refractivity contribution in [3.05, 3.63) is 0 Å². The third kappa shape index (κ3) is 3.94. The first-order valence-electron chi connectivity index (χ1n) is 7.68. The standard InChI is InChI=1S/C15H29NO2/c1-16(12-15(18)9-5-6-10-15)11-13-7-3-2-4-8-14(13)17/h13-14,17-18H,2-12H2,1H3. The predicted molar refractivity (Wildman–Crippen MR) is 73.5 cm³/mol. The molecule has 0 spiro atoms. The number of rotatable bonds is 4. The van der Waals surface area contributed by atoms with E-state index in [1.165, 1.54) is 19.3 Å². The molecule has 2 rings (SSSR count). The Labute approximate surface area is 111 Å². The fourth-order valence-electron chi connectivity index (χ4n) is 3.74. The number of hydrogen-bond acceptors (Lipinski definition) is 3. The van der Waals surface area contributed by atoms with Crippen LogP contribution in [-0.4, -0.2) is 47.0 Å². The van der Waals surface area contributed by atoms with E-state index in [4.69, 9.17) is 0 Å². The van der Waals surface area contributed by atoms with E-state index in [0.717, 1.165) is 51.6 Å². The topological polar surface area (TPSA) is 43.7 Å². The molecule has 2 aliphatic carbocycles. The smallest absolute Gasteiger partial charge is 0.0774 e. The van der Waals surface area contributed by atoms with Gasteiger partial charge in [0.2, 0.25) is 0 Å².